The number of aryl methyl sites for hydroxylation is 1. The lowest BCUT2D eigenvalue weighted by atomic mass is 10.1. The van der Waals surface area contributed by atoms with Crippen molar-refractivity contribution < 1.29 is 9.47 Å². The Balaban J connectivity index is 0.00000144. The van der Waals surface area contributed by atoms with Crippen molar-refractivity contribution >= 4 is 47.1 Å². The second-order valence-electron chi connectivity index (χ2n) is 4.99. The molecular weight excluding hydrogens is 347 g/mol. The molecule has 3 rings (SSSR count). The third kappa shape index (κ3) is 3.83. The molecule has 0 amide bonds. The van der Waals surface area contributed by atoms with Gasteiger partial charge in [0.25, 0.3) is 0 Å². The highest BCUT2D eigenvalue weighted by Gasteiger charge is 2.10. The molecule has 2 aromatic carbocycles. The largest absolute Gasteiger partial charge is 0.495 e. The minimum atomic E-state index is 0. The first kappa shape index (κ1) is 19.9. The second-order valence-corrected chi connectivity index (χ2v) is 4.99. The lowest BCUT2D eigenvalue weighted by molar-refractivity contribution is 0.417. The number of para-hydroxylation sites is 3. The predicted octanol–water partition coefficient (Wildman–Crippen LogP) is 5.15. The zero-order chi connectivity index (χ0) is 15.5. The Morgan fingerprint density at radius 1 is 0.833 bits per heavy atom. The fourth-order valence-corrected chi connectivity index (χ4v) is 2.51. The number of aromatic nitrogens is 1. The van der Waals surface area contributed by atoms with Crippen LogP contribution in [-0.2, 0) is 0 Å². The van der Waals surface area contributed by atoms with Crippen molar-refractivity contribution in [1.29, 1.82) is 0 Å². The van der Waals surface area contributed by atoms with Crippen LogP contribution in [-0.4, -0.2) is 19.2 Å². The number of benzene rings is 2. The first-order valence-corrected chi connectivity index (χ1v) is 7.07. The number of hydrogen-bond donors (Lipinski definition) is 1. The quantitative estimate of drug-likeness (QED) is 0.693. The zero-order valence-corrected chi connectivity index (χ0v) is 15.3. The molecule has 24 heavy (non-hydrogen) atoms. The number of nitrogens with one attached hydrogen (secondary N) is 1. The van der Waals surface area contributed by atoms with Crippen molar-refractivity contribution in [3.05, 3.63) is 54.2 Å². The van der Waals surface area contributed by atoms with Crippen LogP contribution in [0.5, 0.6) is 11.5 Å². The summed E-state index contributed by atoms with van der Waals surface area (Å²) in [6.07, 6.45) is 0. The number of rotatable bonds is 4. The molecule has 0 unspecified atom stereocenters. The summed E-state index contributed by atoms with van der Waals surface area (Å²) >= 11 is 0. The van der Waals surface area contributed by atoms with Crippen LogP contribution in [0, 0.1) is 6.92 Å². The van der Waals surface area contributed by atoms with E-state index in [1.165, 1.54) is 0 Å². The van der Waals surface area contributed by atoms with Gasteiger partial charge in [0.2, 0.25) is 0 Å². The van der Waals surface area contributed by atoms with E-state index < -0.39 is 0 Å². The van der Waals surface area contributed by atoms with Crippen LogP contribution in [0.2, 0.25) is 0 Å². The van der Waals surface area contributed by atoms with Crippen LogP contribution in [0.4, 0.5) is 11.4 Å². The molecule has 0 aliphatic rings. The van der Waals surface area contributed by atoms with Crippen molar-refractivity contribution in [1.82, 2.24) is 4.98 Å². The van der Waals surface area contributed by atoms with E-state index in [0.29, 0.717) is 0 Å². The van der Waals surface area contributed by atoms with E-state index in [2.05, 4.69) is 10.3 Å². The highest BCUT2D eigenvalue weighted by molar-refractivity contribution is 5.96. The van der Waals surface area contributed by atoms with Crippen LogP contribution in [0.25, 0.3) is 10.9 Å². The Kier molecular flexibility index (Phi) is 7.14. The van der Waals surface area contributed by atoms with Crippen molar-refractivity contribution in [3.63, 3.8) is 0 Å². The van der Waals surface area contributed by atoms with Gasteiger partial charge in [-0.3, -0.25) is 0 Å². The molecule has 0 aliphatic heterocycles. The van der Waals surface area contributed by atoms with Crippen molar-refractivity contribution in [2.75, 3.05) is 19.5 Å². The molecule has 4 nitrogen and oxygen atoms in total. The summed E-state index contributed by atoms with van der Waals surface area (Å²) in [5.74, 6) is 1.57. The smallest absolute Gasteiger partial charge is 0.145 e. The Labute approximate surface area is 154 Å². The lowest BCUT2D eigenvalue weighted by Gasteiger charge is -2.14. The van der Waals surface area contributed by atoms with Gasteiger partial charge in [-0.2, -0.15) is 0 Å². The topological polar surface area (TPSA) is 43.4 Å². The van der Waals surface area contributed by atoms with E-state index in [0.717, 1.165) is 39.5 Å². The van der Waals surface area contributed by atoms with E-state index in [1.54, 1.807) is 14.2 Å². The molecule has 0 fully saturated rings. The molecule has 1 aromatic heterocycles. The predicted molar refractivity (Wildman–Crippen MR) is 104 cm³/mol. The molecule has 0 bridgehead atoms. The second kappa shape index (κ2) is 8.62. The Hall–Kier alpha value is -2.17. The van der Waals surface area contributed by atoms with Gasteiger partial charge in [-0.05, 0) is 31.2 Å². The molecule has 0 radical (unpaired) electrons. The summed E-state index contributed by atoms with van der Waals surface area (Å²) in [6, 6.07) is 15.8. The highest BCUT2D eigenvalue weighted by Crippen LogP contribution is 2.34. The Morgan fingerprint density at radius 2 is 1.50 bits per heavy atom. The summed E-state index contributed by atoms with van der Waals surface area (Å²) in [5, 5.41) is 4.45. The molecular formula is C18H20Cl2N2O2. The molecule has 1 heterocycles. The summed E-state index contributed by atoms with van der Waals surface area (Å²) in [7, 11) is 3.32. The number of methoxy groups -OCH3 is 2. The number of hydrogen-bond acceptors (Lipinski definition) is 4. The minimum Gasteiger partial charge on any atom is -0.495 e. The van der Waals surface area contributed by atoms with E-state index in [9.17, 15) is 0 Å². The molecule has 3 aromatic rings. The summed E-state index contributed by atoms with van der Waals surface area (Å²) in [5.41, 5.74) is 3.67. The Bertz CT molecular complexity index is 825. The van der Waals surface area contributed by atoms with Crippen LogP contribution in [0.1, 0.15) is 5.69 Å². The fraction of sp³-hybridized carbons (Fsp3) is 0.167. The number of pyridine rings is 1. The lowest BCUT2D eigenvalue weighted by Crippen LogP contribution is -1.98. The van der Waals surface area contributed by atoms with Crippen LogP contribution in [0.3, 0.4) is 0 Å². The first-order chi connectivity index (χ1) is 10.7. The van der Waals surface area contributed by atoms with Crippen molar-refractivity contribution in [3.8, 4) is 11.5 Å². The van der Waals surface area contributed by atoms with Crippen molar-refractivity contribution in [2.24, 2.45) is 0 Å². The summed E-state index contributed by atoms with van der Waals surface area (Å²) in [4.78, 5) is 4.60. The van der Waals surface area contributed by atoms with Gasteiger partial charge in [0.05, 0.1) is 19.9 Å². The molecule has 0 atom stereocenters. The van der Waals surface area contributed by atoms with Gasteiger partial charge in [-0.15, -0.1) is 24.8 Å². The van der Waals surface area contributed by atoms with Gasteiger partial charge in [-0.1, -0.05) is 24.3 Å². The minimum absolute atomic E-state index is 0. The maximum atomic E-state index is 5.42. The van der Waals surface area contributed by atoms with Gasteiger partial charge in [0.15, 0.2) is 0 Å². The van der Waals surface area contributed by atoms with Crippen LogP contribution in [0.15, 0.2) is 48.5 Å². The number of ether oxygens (including phenoxy) is 2. The first-order valence-electron chi connectivity index (χ1n) is 7.07. The Morgan fingerprint density at radius 3 is 2.21 bits per heavy atom. The number of fused-ring (bicyclic) bond motifs is 1. The average molecular weight is 367 g/mol. The van der Waals surface area contributed by atoms with E-state index in [-0.39, 0.29) is 24.8 Å². The third-order valence-electron chi connectivity index (χ3n) is 3.53. The van der Waals surface area contributed by atoms with Gasteiger partial charge >= 0.3 is 0 Å². The fourth-order valence-electron chi connectivity index (χ4n) is 2.51. The van der Waals surface area contributed by atoms with Crippen LogP contribution >= 0.6 is 24.8 Å². The van der Waals surface area contributed by atoms with Gasteiger partial charge < -0.3 is 14.8 Å². The molecule has 1 N–H and O–H groups in total. The average Bonchev–Trinajstić information content (AvgIpc) is 2.54. The molecule has 0 saturated carbocycles. The molecule has 0 aliphatic carbocycles. The number of halogens is 2. The number of nitrogens with zero attached hydrogens (tertiary/aromatic N) is 1. The van der Waals surface area contributed by atoms with E-state index >= 15 is 0 Å². The molecule has 6 heteroatoms. The summed E-state index contributed by atoms with van der Waals surface area (Å²) in [6.45, 7) is 1.97. The standard InChI is InChI=1S/C18H18N2O2.2ClH/c1-12-11-15(20-14-8-4-5-9-16(14)21-2)13-7-6-10-17(22-3)18(13)19-12;;/h4-11H,1-3H3,(H,19,20);2*1H. The third-order valence-corrected chi connectivity index (χ3v) is 3.53. The van der Waals surface area contributed by atoms with Crippen molar-refractivity contribution in [2.45, 2.75) is 6.92 Å². The molecule has 0 saturated heterocycles. The van der Waals surface area contributed by atoms with Gasteiger partial charge in [0, 0.05) is 16.8 Å². The zero-order valence-electron chi connectivity index (χ0n) is 13.7. The SMILES string of the molecule is COc1ccccc1Nc1cc(C)nc2c(OC)cccc12.Cl.Cl. The van der Waals surface area contributed by atoms with Gasteiger partial charge in [0.1, 0.15) is 17.0 Å². The maximum Gasteiger partial charge on any atom is 0.145 e. The molecule has 0 spiro atoms. The monoisotopic (exact) mass is 366 g/mol. The number of anilines is 2. The van der Waals surface area contributed by atoms with E-state index in [4.69, 9.17) is 9.47 Å². The summed E-state index contributed by atoms with van der Waals surface area (Å²) < 4.78 is 10.8. The van der Waals surface area contributed by atoms with Gasteiger partial charge in [-0.25, -0.2) is 4.98 Å². The van der Waals surface area contributed by atoms with E-state index in [1.807, 2.05) is 55.5 Å². The maximum absolute atomic E-state index is 5.42. The van der Waals surface area contributed by atoms with Crippen LogP contribution < -0.4 is 14.8 Å². The normalized spacial score (nSPS) is 9.62. The molecule has 128 valence electrons. The highest BCUT2D eigenvalue weighted by atomic mass is 35.5.